The number of hydrogen-bond acceptors (Lipinski definition) is 12. The summed E-state index contributed by atoms with van der Waals surface area (Å²) in [5.74, 6) is -0.128. The first-order valence-corrected chi connectivity index (χ1v) is 24.3. The molecule has 57 heavy (non-hydrogen) atoms. The monoisotopic (exact) mass is 935 g/mol. The van der Waals surface area contributed by atoms with Crippen LogP contribution in [0.3, 0.4) is 0 Å². The molecule has 342 valence electrons. The van der Waals surface area contributed by atoms with Crippen molar-refractivity contribution in [2.24, 2.45) is 0 Å². The van der Waals surface area contributed by atoms with Crippen molar-refractivity contribution in [3.05, 3.63) is 0 Å². The predicted octanol–water partition coefficient (Wildman–Crippen LogP) is 8.95. The number of ether oxygens (including phenoxy) is 11. The van der Waals surface area contributed by atoms with Gasteiger partial charge in [-0.3, -0.25) is 4.79 Å². The summed E-state index contributed by atoms with van der Waals surface area (Å²) >= 11 is 2.42. The van der Waals surface area contributed by atoms with Crippen LogP contribution in [0.4, 0.5) is 0 Å². The molecule has 13 heteroatoms. The molecule has 0 aromatic carbocycles. The van der Waals surface area contributed by atoms with Gasteiger partial charge in [0.1, 0.15) is 6.61 Å². The lowest BCUT2D eigenvalue weighted by molar-refractivity contribution is -0.145. The molecule has 0 aromatic rings. The van der Waals surface area contributed by atoms with Crippen LogP contribution in [0.15, 0.2) is 0 Å². The number of esters is 1. The smallest absolute Gasteiger partial charge is 0.305 e. The minimum absolute atomic E-state index is 0.128. The summed E-state index contributed by atoms with van der Waals surface area (Å²) in [6, 6.07) is 0. The maximum Gasteiger partial charge on any atom is 0.305 e. The maximum absolute atomic E-state index is 11.9. The van der Waals surface area contributed by atoms with Crippen LogP contribution < -0.4 is 0 Å². The quantitative estimate of drug-likeness (QED) is 0.0251. The Morgan fingerprint density at radius 3 is 0.860 bits per heavy atom. The van der Waals surface area contributed by atoms with E-state index < -0.39 is 0 Å². The van der Waals surface area contributed by atoms with Gasteiger partial charge in [0.25, 0.3) is 0 Å². The number of halogens is 1. The summed E-state index contributed by atoms with van der Waals surface area (Å²) in [6.45, 7) is 13.2. The van der Waals surface area contributed by atoms with Crippen molar-refractivity contribution in [3.8, 4) is 0 Å². The number of alkyl halides is 1. The highest BCUT2D eigenvalue weighted by Gasteiger charge is 2.03. The highest BCUT2D eigenvalue weighted by atomic mass is 127. The van der Waals surface area contributed by atoms with E-state index in [1.54, 1.807) is 0 Å². The van der Waals surface area contributed by atoms with Crippen molar-refractivity contribution >= 4 is 28.6 Å². The highest BCUT2D eigenvalue weighted by Crippen LogP contribution is 2.14. The summed E-state index contributed by atoms with van der Waals surface area (Å²) < 4.78 is 61.6. The Morgan fingerprint density at radius 2 is 0.544 bits per heavy atom. The molecule has 0 aliphatic rings. The summed E-state index contributed by atoms with van der Waals surface area (Å²) in [4.78, 5) is 11.9. The lowest BCUT2D eigenvalue weighted by atomic mass is 10.0. The predicted molar refractivity (Wildman–Crippen MR) is 236 cm³/mol. The van der Waals surface area contributed by atoms with Crippen LogP contribution >= 0.6 is 22.6 Å². The zero-order valence-electron chi connectivity index (χ0n) is 36.5. The Morgan fingerprint density at radius 1 is 0.298 bits per heavy atom. The van der Waals surface area contributed by atoms with Gasteiger partial charge in [0, 0.05) is 13.0 Å². The second-order valence-corrected chi connectivity index (χ2v) is 15.2. The second kappa shape index (κ2) is 53.8. The molecule has 0 amide bonds. The summed E-state index contributed by atoms with van der Waals surface area (Å²) in [6.07, 6.45) is 25.2. The van der Waals surface area contributed by atoms with Gasteiger partial charge < -0.3 is 52.1 Å². The molecule has 0 bridgehead atoms. The normalized spacial score (nSPS) is 11.5. The van der Waals surface area contributed by atoms with Gasteiger partial charge in [0.2, 0.25) is 0 Å². The van der Waals surface area contributed by atoms with Gasteiger partial charge in [-0.1, -0.05) is 132 Å². The molecule has 0 aliphatic heterocycles. The Labute approximate surface area is 362 Å². The number of carbonyl (C=O) groups excluding carboxylic acids is 1. The van der Waals surface area contributed by atoms with Crippen molar-refractivity contribution in [2.75, 3.05) is 143 Å². The van der Waals surface area contributed by atoms with Crippen molar-refractivity contribution < 1.29 is 56.9 Å². The lowest BCUT2D eigenvalue weighted by Gasteiger charge is -2.09. The van der Waals surface area contributed by atoms with Gasteiger partial charge in [-0.25, -0.2) is 0 Å². The fraction of sp³-hybridized carbons (Fsp3) is 0.977. The average Bonchev–Trinajstić information content (AvgIpc) is 3.22. The maximum atomic E-state index is 11.9. The van der Waals surface area contributed by atoms with Crippen molar-refractivity contribution in [2.45, 2.75) is 135 Å². The van der Waals surface area contributed by atoms with Gasteiger partial charge in [0.15, 0.2) is 0 Å². The van der Waals surface area contributed by atoms with Crippen LogP contribution in [0.25, 0.3) is 0 Å². The van der Waals surface area contributed by atoms with Gasteiger partial charge in [0.05, 0.1) is 126 Å². The molecule has 0 atom stereocenters. The van der Waals surface area contributed by atoms with Crippen molar-refractivity contribution in [1.82, 2.24) is 0 Å². The lowest BCUT2D eigenvalue weighted by Crippen LogP contribution is -2.15. The summed E-state index contributed by atoms with van der Waals surface area (Å²) in [5, 5.41) is 0. The second-order valence-electron chi connectivity index (χ2n) is 14.1. The molecule has 0 aromatic heterocycles. The zero-order valence-corrected chi connectivity index (χ0v) is 38.6. The molecule has 12 nitrogen and oxygen atoms in total. The molecular formula is C44H87IO12. The summed E-state index contributed by atoms with van der Waals surface area (Å²) in [7, 11) is 0. The standard InChI is InChI=1S/C44H87IO12/c1-2-3-4-5-6-7-8-9-10-11-12-13-14-15-18-21-44(46)57-43-42-56-41-40-55-39-38-54-37-36-53-35-34-52-33-32-51-31-30-50-29-28-49-27-26-48-25-24-47-23-20-17-16-19-22-45/h2-43H2,1H3. The first-order chi connectivity index (χ1) is 28.3. The van der Waals surface area contributed by atoms with Crippen LogP contribution in [0, 0.1) is 0 Å². The SMILES string of the molecule is CCCCCCCCCCCCCCCCCC(=O)OCCOCCOCCOCCOCCOCCOCCOCCOCCOCCOCCCCCCI. The van der Waals surface area contributed by atoms with E-state index in [1.807, 2.05) is 0 Å². The fourth-order valence-corrected chi connectivity index (χ4v) is 6.20. The van der Waals surface area contributed by atoms with Crippen LogP contribution in [-0.4, -0.2) is 149 Å². The highest BCUT2D eigenvalue weighted by molar-refractivity contribution is 14.1. The van der Waals surface area contributed by atoms with E-state index in [1.165, 1.54) is 107 Å². The van der Waals surface area contributed by atoms with Gasteiger partial charge in [-0.2, -0.15) is 0 Å². The largest absolute Gasteiger partial charge is 0.463 e. The Kier molecular flexibility index (Phi) is 53.6. The third kappa shape index (κ3) is 53.8. The average molecular weight is 935 g/mol. The molecule has 0 rings (SSSR count). The molecule has 0 spiro atoms. The van der Waals surface area contributed by atoms with Gasteiger partial charge in [-0.15, -0.1) is 0 Å². The minimum Gasteiger partial charge on any atom is -0.463 e. The molecule has 0 N–H and O–H groups in total. The topological polar surface area (TPSA) is 119 Å². The van der Waals surface area contributed by atoms with E-state index in [4.69, 9.17) is 52.1 Å². The van der Waals surface area contributed by atoms with Gasteiger partial charge >= 0.3 is 5.97 Å². The Bertz CT molecular complexity index is 739. The first kappa shape index (κ1) is 56.8. The van der Waals surface area contributed by atoms with E-state index in [2.05, 4.69) is 29.5 Å². The molecule has 0 radical (unpaired) electrons. The van der Waals surface area contributed by atoms with E-state index in [0.717, 1.165) is 25.9 Å². The number of rotatable bonds is 52. The van der Waals surface area contributed by atoms with E-state index in [9.17, 15) is 4.79 Å². The zero-order chi connectivity index (χ0) is 41.1. The molecule has 0 saturated heterocycles. The van der Waals surface area contributed by atoms with Crippen molar-refractivity contribution in [3.63, 3.8) is 0 Å². The Balaban J connectivity index is 3.12. The van der Waals surface area contributed by atoms with Crippen LogP contribution in [-0.2, 0) is 56.9 Å². The molecule has 0 heterocycles. The third-order valence-corrected chi connectivity index (χ3v) is 9.76. The van der Waals surface area contributed by atoms with Crippen LogP contribution in [0.1, 0.15) is 135 Å². The Hall–Kier alpha value is -0.200. The molecule has 0 saturated carbocycles. The van der Waals surface area contributed by atoms with Crippen LogP contribution in [0.5, 0.6) is 0 Å². The number of unbranched alkanes of at least 4 members (excludes halogenated alkanes) is 17. The molecule has 0 fully saturated rings. The van der Waals surface area contributed by atoms with E-state index in [0.29, 0.717) is 139 Å². The first-order valence-electron chi connectivity index (χ1n) is 22.8. The number of carbonyl (C=O) groups is 1. The van der Waals surface area contributed by atoms with Crippen LogP contribution in [0.2, 0.25) is 0 Å². The van der Waals surface area contributed by atoms with Crippen molar-refractivity contribution in [1.29, 1.82) is 0 Å². The minimum atomic E-state index is -0.128. The van der Waals surface area contributed by atoms with E-state index in [-0.39, 0.29) is 5.97 Å². The third-order valence-electron chi connectivity index (χ3n) is 9.00. The summed E-state index contributed by atoms with van der Waals surface area (Å²) in [5.41, 5.74) is 0. The fourth-order valence-electron chi connectivity index (χ4n) is 5.66. The van der Waals surface area contributed by atoms with Gasteiger partial charge in [-0.05, 0) is 23.7 Å². The molecule has 0 unspecified atom stereocenters. The number of hydrogen-bond donors (Lipinski definition) is 0. The van der Waals surface area contributed by atoms with E-state index >= 15 is 0 Å². The molecular weight excluding hydrogens is 847 g/mol. The molecule has 0 aliphatic carbocycles.